The highest BCUT2D eigenvalue weighted by atomic mass is 16.7. The monoisotopic (exact) mass is 401 g/mol. The van der Waals surface area contributed by atoms with Crippen molar-refractivity contribution in [1.29, 1.82) is 0 Å². The Morgan fingerprint density at radius 3 is 2.72 bits per heavy atom. The van der Waals surface area contributed by atoms with Gasteiger partial charge in [-0.15, -0.1) is 0 Å². The van der Waals surface area contributed by atoms with Crippen LogP contribution in [0.2, 0.25) is 0 Å². The van der Waals surface area contributed by atoms with Crippen LogP contribution in [0.5, 0.6) is 0 Å². The second kappa shape index (κ2) is 7.04. The van der Waals surface area contributed by atoms with Gasteiger partial charge in [0.25, 0.3) is 12.2 Å². The lowest BCUT2D eigenvalue weighted by Crippen LogP contribution is -2.43. The van der Waals surface area contributed by atoms with Gasteiger partial charge in [-0.3, -0.25) is 4.79 Å². The van der Waals surface area contributed by atoms with Gasteiger partial charge in [0.2, 0.25) is 0 Å². The van der Waals surface area contributed by atoms with E-state index in [1.54, 1.807) is 33.8 Å². The molecule has 156 valence electrons. The van der Waals surface area contributed by atoms with Crippen molar-refractivity contribution in [3.8, 4) is 0 Å². The van der Waals surface area contributed by atoms with Crippen molar-refractivity contribution in [2.75, 3.05) is 0 Å². The van der Waals surface area contributed by atoms with Crippen LogP contribution in [0.3, 0.4) is 0 Å². The number of hydrogen-bond donors (Lipinski definition) is 0. The number of fused-ring (bicyclic) bond motifs is 3. The SMILES string of the molecule is CC1=CC(O/C=C2/C(=O)N(C(=O)OC(C)(C)C)[C@@H]3C4=CCCC[C@H]4C[C@H]23)OC1=O. The summed E-state index contributed by atoms with van der Waals surface area (Å²) in [4.78, 5) is 38.9. The lowest BCUT2D eigenvalue weighted by molar-refractivity contribution is -0.152. The molecular weight excluding hydrogens is 374 g/mol. The zero-order chi connectivity index (χ0) is 20.9. The minimum absolute atomic E-state index is 0.133. The Bertz CT molecular complexity index is 846. The third-order valence-corrected chi connectivity index (χ3v) is 5.86. The number of hydrogen-bond acceptors (Lipinski definition) is 6. The van der Waals surface area contributed by atoms with Crippen molar-refractivity contribution in [3.05, 3.63) is 35.1 Å². The molecule has 2 fully saturated rings. The molecule has 7 nitrogen and oxygen atoms in total. The van der Waals surface area contributed by atoms with E-state index in [0.29, 0.717) is 17.1 Å². The molecule has 7 heteroatoms. The minimum atomic E-state index is -0.847. The predicted molar refractivity (Wildman–Crippen MR) is 103 cm³/mol. The van der Waals surface area contributed by atoms with Gasteiger partial charge in [0.05, 0.1) is 17.9 Å². The Labute approximate surface area is 170 Å². The largest absolute Gasteiger partial charge is 0.458 e. The van der Waals surface area contributed by atoms with Crippen molar-refractivity contribution in [2.45, 2.75) is 71.3 Å². The lowest BCUT2D eigenvalue weighted by Gasteiger charge is -2.29. The van der Waals surface area contributed by atoms with Gasteiger partial charge in [-0.2, -0.15) is 0 Å². The van der Waals surface area contributed by atoms with Gasteiger partial charge < -0.3 is 14.2 Å². The van der Waals surface area contributed by atoms with E-state index >= 15 is 0 Å². The van der Waals surface area contributed by atoms with Crippen molar-refractivity contribution >= 4 is 18.0 Å². The molecule has 2 aliphatic heterocycles. The van der Waals surface area contributed by atoms with E-state index in [4.69, 9.17) is 14.2 Å². The molecule has 0 N–H and O–H groups in total. The minimum Gasteiger partial charge on any atom is -0.458 e. The number of amides is 2. The number of imide groups is 1. The third-order valence-electron chi connectivity index (χ3n) is 5.86. The Morgan fingerprint density at radius 2 is 2.07 bits per heavy atom. The maximum Gasteiger partial charge on any atom is 0.417 e. The van der Waals surface area contributed by atoms with Crippen molar-refractivity contribution in [2.24, 2.45) is 11.8 Å². The van der Waals surface area contributed by atoms with E-state index in [-0.39, 0.29) is 12.0 Å². The molecule has 0 aromatic heterocycles. The number of allylic oxidation sites excluding steroid dienone is 1. The van der Waals surface area contributed by atoms with Crippen LogP contribution in [0, 0.1) is 11.8 Å². The zero-order valence-electron chi connectivity index (χ0n) is 17.3. The van der Waals surface area contributed by atoms with Gasteiger partial charge in [-0.05, 0) is 64.9 Å². The Balaban J connectivity index is 1.63. The van der Waals surface area contributed by atoms with Gasteiger partial charge in [-0.25, -0.2) is 14.5 Å². The summed E-state index contributed by atoms with van der Waals surface area (Å²) >= 11 is 0. The van der Waals surface area contributed by atoms with Crippen LogP contribution in [0.15, 0.2) is 35.1 Å². The van der Waals surface area contributed by atoms with Crippen LogP contribution in [-0.4, -0.2) is 40.8 Å². The number of esters is 1. The standard InChI is InChI=1S/C22H27NO6/c1-12-9-17(28-20(12)25)27-11-16-15-10-13-7-5-6-8-14(13)18(15)23(19(16)24)21(26)29-22(2,3)4/h8-9,11,13,15,17-18H,5-7,10H2,1-4H3/b16-11+/t13-,15+,17?,18+/m0/s1. The first-order chi connectivity index (χ1) is 13.7. The molecule has 0 aromatic carbocycles. The fourth-order valence-corrected chi connectivity index (χ4v) is 4.66. The van der Waals surface area contributed by atoms with E-state index in [0.717, 1.165) is 31.3 Å². The van der Waals surface area contributed by atoms with Crippen LogP contribution in [0.1, 0.15) is 53.4 Å². The normalized spacial score (nSPS) is 32.6. The Morgan fingerprint density at radius 1 is 1.31 bits per heavy atom. The van der Waals surface area contributed by atoms with Crippen LogP contribution < -0.4 is 0 Å². The number of cyclic esters (lactones) is 1. The summed E-state index contributed by atoms with van der Waals surface area (Å²) < 4.78 is 16.2. The summed E-state index contributed by atoms with van der Waals surface area (Å²) in [6.45, 7) is 6.99. The summed E-state index contributed by atoms with van der Waals surface area (Å²) in [5.74, 6) is -0.598. The molecule has 0 aromatic rings. The second-order valence-corrected chi connectivity index (χ2v) is 9.11. The smallest absolute Gasteiger partial charge is 0.417 e. The molecule has 2 aliphatic carbocycles. The van der Waals surface area contributed by atoms with Gasteiger partial charge in [-0.1, -0.05) is 6.08 Å². The van der Waals surface area contributed by atoms with Gasteiger partial charge in [0, 0.05) is 17.6 Å². The summed E-state index contributed by atoms with van der Waals surface area (Å²) in [5.41, 5.74) is 1.36. The first-order valence-corrected chi connectivity index (χ1v) is 10.2. The number of carbonyl (C=O) groups excluding carboxylic acids is 3. The van der Waals surface area contributed by atoms with E-state index in [9.17, 15) is 14.4 Å². The average molecular weight is 401 g/mol. The molecule has 4 atom stereocenters. The molecular formula is C22H27NO6. The third kappa shape index (κ3) is 3.58. The van der Waals surface area contributed by atoms with Crippen molar-refractivity contribution < 1.29 is 28.6 Å². The quantitative estimate of drug-likeness (QED) is 0.304. The van der Waals surface area contributed by atoms with Crippen molar-refractivity contribution in [3.63, 3.8) is 0 Å². The number of nitrogens with zero attached hydrogens (tertiary/aromatic N) is 1. The van der Waals surface area contributed by atoms with Gasteiger partial charge in [0.15, 0.2) is 0 Å². The van der Waals surface area contributed by atoms with Gasteiger partial charge >= 0.3 is 12.1 Å². The van der Waals surface area contributed by atoms with Crippen molar-refractivity contribution in [1.82, 2.24) is 4.90 Å². The highest BCUT2D eigenvalue weighted by molar-refractivity contribution is 6.06. The highest BCUT2D eigenvalue weighted by Crippen LogP contribution is 2.51. The molecule has 1 unspecified atom stereocenters. The fourth-order valence-electron chi connectivity index (χ4n) is 4.66. The number of carbonyl (C=O) groups is 3. The van der Waals surface area contributed by atoms with Crippen LogP contribution in [-0.2, 0) is 23.8 Å². The number of rotatable bonds is 2. The van der Waals surface area contributed by atoms with Crippen LogP contribution >= 0.6 is 0 Å². The first kappa shape index (κ1) is 19.7. The zero-order valence-corrected chi connectivity index (χ0v) is 17.3. The van der Waals surface area contributed by atoms with E-state index in [1.807, 2.05) is 0 Å². The molecule has 1 saturated carbocycles. The highest BCUT2D eigenvalue weighted by Gasteiger charge is 2.56. The fraction of sp³-hybridized carbons (Fsp3) is 0.591. The molecule has 0 radical (unpaired) electrons. The predicted octanol–water partition coefficient (Wildman–Crippen LogP) is 3.61. The molecule has 2 heterocycles. The van der Waals surface area contributed by atoms with Crippen LogP contribution in [0.4, 0.5) is 4.79 Å². The summed E-state index contributed by atoms with van der Waals surface area (Å²) in [6, 6.07) is -0.319. The lowest BCUT2D eigenvalue weighted by atomic mass is 9.89. The van der Waals surface area contributed by atoms with E-state index < -0.39 is 29.9 Å². The summed E-state index contributed by atoms with van der Waals surface area (Å²) in [5, 5.41) is 0. The van der Waals surface area contributed by atoms with Gasteiger partial charge in [0.1, 0.15) is 5.60 Å². The molecule has 0 spiro atoms. The first-order valence-electron chi connectivity index (χ1n) is 10.2. The molecule has 0 bridgehead atoms. The Kier molecular flexibility index (Phi) is 4.79. The van der Waals surface area contributed by atoms with E-state index in [2.05, 4.69) is 6.08 Å². The number of ether oxygens (including phenoxy) is 3. The molecule has 4 rings (SSSR count). The van der Waals surface area contributed by atoms with E-state index in [1.165, 1.54) is 11.2 Å². The maximum atomic E-state index is 13.2. The average Bonchev–Trinajstić information content (AvgIpc) is 3.23. The second-order valence-electron chi connectivity index (χ2n) is 9.11. The topological polar surface area (TPSA) is 82.1 Å². The maximum absolute atomic E-state index is 13.2. The molecule has 1 saturated heterocycles. The molecule has 29 heavy (non-hydrogen) atoms. The number of likely N-dealkylation sites (tertiary alicyclic amines) is 1. The summed E-state index contributed by atoms with van der Waals surface area (Å²) in [6.07, 6.45) is 7.58. The molecule has 2 amide bonds. The summed E-state index contributed by atoms with van der Waals surface area (Å²) in [7, 11) is 0. The Hall–Kier alpha value is -2.57. The van der Waals surface area contributed by atoms with Crippen LogP contribution in [0.25, 0.3) is 0 Å². The molecule has 4 aliphatic rings.